The number of benzene rings is 2. The van der Waals surface area contributed by atoms with Crippen LogP contribution in [0.15, 0.2) is 35.9 Å². The molecule has 0 radical (unpaired) electrons. The molecule has 0 aromatic heterocycles. The van der Waals surface area contributed by atoms with E-state index in [1.165, 1.54) is 19.1 Å². The Hall–Kier alpha value is -3.22. The lowest BCUT2D eigenvalue weighted by Gasteiger charge is -2.22. The van der Waals surface area contributed by atoms with Crippen LogP contribution in [0.2, 0.25) is 0 Å². The summed E-state index contributed by atoms with van der Waals surface area (Å²) < 4.78 is 21.7. The van der Waals surface area contributed by atoms with Crippen LogP contribution in [0.25, 0.3) is 5.57 Å². The van der Waals surface area contributed by atoms with Crippen molar-refractivity contribution >= 4 is 11.3 Å². The van der Waals surface area contributed by atoms with Gasteiger partial charge in [-0.1, -0.05) is 18.1 Å². The van der Waals surface area contributed by atoms with E-state index in [4.69, 9.17) is 18.9 Å². The number of ether oxygens (including phenoxy) is 4. The molecule has 1 saturated carbocycles. The van der Waals surface area contributed by atoms with E-state index < -0.39 is 4.92 Å². The van der Waals surface area contributed by atoms with Crippen molar-refractivity contribution in [2.75, 3.05) is 28.4 Å². The minimum Gasteiger partial charge on any atom is -0.493 e. The second-order valence-corrected chi connectivity index (χ2v) is 7.10. The number of hydrogen-bond donors (Lipinski definition) is 0. The molecule has 3 rings (SSSR count). The van der Waals surface area contributed by atoms with E-state index in [0.29, 0.717) is 17.2 Å². The third-order valence-electron chi connectivity index (χ3n) is 5.43. The van der Waals surface area contributed by atoms with Crippen LogP contribution in [0.1, 0.15) is 43.2 Å². The Morgan fingerprint density at radius 1 is 0.800 bits per heavy atom. The van der Waals surface area contributed by atoms with Gasteiger partial charge in [0.05, 0.1) is 33.4 Å². The monoisotopic (exact) mass is 413 g/mol. The summed E-state index contributed by atoms with van der Waals surface area (Å²) in [5, 5.41) is 11.6. The first-order chi connectivity index (χ1) is 14.5. The fourth-order valence-corrected chi connectivity index (χ4v) is 4.02. The van der Waals surface area contributed by atoms with Crippen molar-refractivity contribution in [3.05, 3.63) is 57.1 Å². The lowest BCUT2D eigenvalue weighted by molar-refractivity contribution is -0.385. The molecule has 0 spiro atoms. The van der Waals surface area contributed by atoms with Gasteiger partial charge < -0.3 is 18.9 Å². The van der Waals surface area contributed by atoms with Crippen LogP contribution in [-0.2, 0) is 0 Å². The lowest BCUT2D eigenvalue weighted by Crippen LogP contribution is -2.03. The summed E-state index contributed by atoms with van der Waals surface area (Å²) in [6, 6.07) is 8.89. The molecule has 0 amide bonds. The van der Waals surface area contributed by atoms with E-state index in [0.717, 1.165) is 42.4 Å². The normalized spacial score (nSPS) is 13.5. The molecule has 2 aromatic rings. The predicted octanol–water partition coefficient (Wildman–Crippen LogP) is 5.40. The molecule has 0 aliphatic heterocycles. The predicted molar refractivity (Wildman–Crippen MR) is 115 cm³/mol. The quantitative estimate of drug-likeness (QED) is 0.447. The van der Waals surface area contributed by atoms with Crippen molar-refractivity contribution < 1.29 is 23.9 Å². The molecule has 1 fully saturated rings. The van der Waals surface area contributed by atoms with E-state index in [1.54, 1.807) is 33.5 Å². The minimum absolute atomic E-state index is 0.0589. The molecule has 0 heterocycles. The molecule has 0 N–H and O–H groups in total. The van der Waals surface area contributed by atoms with Gasteiger partial charge in [-0.2, -0.15) is 0 Å². The van der Waals surface area contributed by atoms with E-state index in [-0.39, 0.29) is 11.4 Å². The van der Waals surface area contributed by atoms with Crippen molar-refractivity contribution in [3.63, 3.8) is 0 Å². The zero-order chi connectivity index (χ0) is 21.7. The first-order valence-corrected chi connectivity index (χ1v) is 9.89. The van der Waals surface area contributed by atoms with E-state index in [2.05, 4.69) is 0 Å². The smallest absolute Gasteiger partial charge is 0.311 e. The molecule has 7 nitrogen and oxygen atoms in total. The number of nitro benzene ring substituents is 1. The number of hydrogen-bond acceptors (Lipinski definition) is 6. The van der Waals surface area contributed by atoms with E-state index in [9.17, 15) is 10.1 Å². The van der Waals surface area contributed by atoms with Gasteiger partial charge in [-0.3, -0.25) is 10.1 Å². The first-order valence-electron chi connectivity index (χ1n) is 9.89. The molecule has 160 valence electrons. The topological polar surface area (TPSA) is 80.1 Å². The largest absolute Gasteiger partial charge is 0.493 e. The Labute approximate surface area is 176 Å². The Bertz CT molecular complexity index is 933. The van der Waals surface area contributed by atoms with Crippen LogP contribution in [0.4, 0.5) is 5.69 Å². The molecule has 1 aliphatic carbocycles. The van der Waals surface area contributed by atoms with E-state index in [1.807, 2.05) is 18.2 Å². The molecular weight excluding hydrogens is 386 g/mol. The van der Waals surface area contributed by atoms with Crippen molar-refractivity contribution in [1.29, 1.82) is 0 Å². The SMILES string of the molecule is COc1ccc(C(=C2CCCCC2)c2cc(OC)c(OC)c(OC)c2)cc1[N+](=O)[O-]. The van der Waals surface area contributed by atoms with Gasteiger partial charge in [-0.25, -0.2) is 0 Å². The van der Waals surface area contributed by atoms with Crippen LogP contribution < -0.4 is 18.9 Å². The number of methoxy groups -OCH3 is 4. The van der Waals surface area contributed by atoms with Gasteiger partial charge in [0.1, 0.15) is 0 Å². The summed E-state index contributed by atoms with van der Waals surface area (Å²) in [5.74, 6) is 1.84. The summed E-state index contributed by atoms with van der Waals surface area (Å²) in [7, 11) is 6.15. The van der Waals surface area contributed by atoms with Gasteiger partial charge in [0, 0.05) is 6.07 Å². The van der Waals surface area contributed by atoms with Gasteiger partial charge in [0.25, 0.3) is 0 Å². The van der Waals surface area contributed by atoms with Crippen LogP contribution in [0.5, 0.6) is 23.0 Å². The molecule has 7 heteroatoms. The Morgan fingerprint density at radius 3 is 1.90 bits per heavy atom. The second kappa shape index (κ2) is 9.52. The van der Waals surface area contributed by atoms with Crippen molar-refractivity contribution in [3.8, 4) is 23.0 Å². The summed E-state index contributed by atoms with van der Waals surface area (Å²) in [4.78, 5) is 11.2. The van der Waals surface area contributed by atoms with Crippen molar-refractivity contribution in [2.24, 2.45) is 0 Å². The summed E-state index contributed by atoms with van der Waals surface area (Å²) in [6.45, 7) is 0. The molecule has 0 unspecified atom stereocenters. The Kier molecular flexibility index (Phi) is 6.82. The van der Waals surface area contributed by atoms with Gasteiger partial charge in [0.2, 0.25) is 5.75 Å². The highest BCUT2D eigenvalue weighted by Gasteiger charge is 2.23. The summed E-state index contributed by atoms with van der Waals surface area (Å²) in [6.07, 6.45) is 5.29. The zero-order valence-electron chi connectivity index (χ0n) is 17.8. The number of nitro groups is 1. The molecular formula is C23H27NO6. The fourth-order valence-electron chi connectivity index (χ4n) is 4.02. The third-order valence-corrected chi connectivity index (χ3v) is 5.43. The van der Waals surface area contributed by atoms with Crippen LogP contribution in [0.3, 0.4) is 0 Å². The van der Waals surface area contributed by atoms with Crippen LogP contribution in [0, 0.1) is 10.1 Å². The molecule has 30 heavy (non-hydrogen) atoms. The highest BCUT2D eigenvalue weighted by Crippen LogP contribution is 2.44. The maximum absolute atomic E-state index is 11.6. The number of nitrogens with zero attached hydrogens (tertiary/aromatic N) is 1. The van der Waals surface area contributed by atoms with Gasteiger partial charge in [0.15, 0.2) is 17.2 Å². The molecule has 0 saturated heterocycles. The Morgan fingerprint density at radius 2 is 1.40 bits per heavy atom. The molecule has 2 aromatic carbocycles. The van der Waals surface area contributed by atoms with Crippen LogP contribution in [-0.4, -0.2) is 33.4 Å². The van der Waals surface area contributed by atoms with Gasteiger partial charge in [-0.15, -0.1) is 0 Å². The van der Waals surface area contributed by atoms with Crippen molar-refractivity contribution in [2.45, 2.75) is 32.1 Å². The maximum atomic E-state index is 11.6. The standard InChI is InChI=1S/C23H27NO6/c1-27-19-11-10-16(12-18(19)24(25)26)22(15-8-6-5-7-9-15)17-13-20(28-2)23(30-4)21(14-17)29-3/h10-14H,5-9H2,1-4H3. The second-order valence-electron chi connectivity index (χ2n) is 7.10. The molecule has 0 atom stereocenters. The fraction of sp³-hybridized carbons (Fsp3) is 0.391. The average molecular weight is 413 g/mol. The zero-order valence-corrected chi connectivity index (χ0v) is 17.8. The minimum atomic E-state index is -0.416. The average Bonchev–Trinajstić information content (AvgIpc) is 2.79. The third kappa shape index (κ3) is 4.20. The van der Waals surface area contributed by atoms with E-state index >= 15 is 0 Å². The molecule has 1 aliphatic rings. The first kappa shape index (κ1) is 21.5. The van der Waals surface area contributed by atoms with Gasteiger partial charge in [-0.05, 0) is 60.6 Å². The van der Waals surface area contributed by atoms with Crippen molar-refractivity contribution in [1.82, 2.24) is 0 Å². The van der Waals surface area contributed by atoms with Crippen LogP contribution >= 0.6 is 0 Å². The molecule has 0 bridgehead atoms. The Balaban J connectivity index is 2.26. The maximum Gasteiger partial charge on any atom is 0.311 e. The summed E-state index contributed by atoms with van der Waals surface area (Å²) in [5.41, 5.74) is 3.83. The highest BCUT2D eigenvalue weighted by molar-refractivity contribution is 5.85. The highest BCUT2D eigenvalue weighted by atomic mass is 16.6. The summed E-state index contributed by atoms with van der Waals surface area (Å²) >= 11 is 0. The number of rotatable bonds is 7. The number of allylic oxidation sites excluding steroid dienone is 1. The van der Waals surface area contributed by atoms with Gasteiger partial charge >= 0.3 is 5.69 Å². The lowest BCUT2D eigenvalue weighted by atomic mass is 9.84.